The predicted molar refractivity (Wildman–Crippen MR) is 67.7 cm³/mol. The number of fused-ring (bicyclic) bond motifs is 1. The first-order valence-electron chi connectivity index (χ1n) is 6.23. The van der Waals surface area contributed by atoms with Crippen molar-refractivity contribution in [3.8, 4) is 0 Å². The third-order valence-corrected chi connectivity index (χ3v) is 3.50. The van der Waals surface area contributed by atoms with E-state index in [0.717, 1.165) is 5.57 Å². The molecule has 1 aliphatic heterocycles. The van der Waals surface area contributed by atoms with E-state index in [1.54, 1.807) is 7.11 Å². The number of carbonyl (C=O) groups is 2. The Hall–Kier alpha value is -2.02. The van der Waals surface area contributed by atoms with E-state index in [0.29, 0.717) is 13.0 Å². The van der Waals surface area contributed by atoms with Crippen LogP contribution < -0.4 is 5.32 Å². The van der Waals surface area contributed by atoms with Gasteiger partial charge in [-0.2, -0.15) is 0 Å². The summed E-state index contributed by atoms with van der Waals surface area (Å²) in [4.78, 5) is 22.6. The van der Waals surface area contributed by atoms with Crippen molar-refractivity contribution >= 4 is 12.1 Å². The Kier molecular flexibility index (Phi) is 4.29. The molecular formula is C13H17NO6. The fraction of sp³-hybridized carbons (Fsp3) is 0.538. The average molecular weight is 283 g/mol. The van der Waals surface area contributed by atoms with Gasteiger partial charge < -0.3 is 24.6 Å². The maximum Gasteiger partial charge on any atom is 0.409 e. The monoisotopic (exact) mass is 283 g/mol. The number of amides is 1. The number of alkyl carbamates (subject to hydrolysis) is 1. The van der Waals surface area contributed by atoms with Crippen LogP contribution in [0.15, 0.2) is 23.5 Å². The number of hydrogen-bond acceptors (Lipinski definition) is 5. The number of allylic oxidation sites excluding steroid dienone is 1. The number of aliphatic carboxylic acids is 1. The lowest BCUT2D eigenvalue weighted by atomic mass is 9.83. The van der Waals surface area contributed by atoms with Crippen molar-refractivity contribution in [3.05, 3.63) is 23.5 Å². The Morgan fingerprint density at radius 1 is 1.55 bits per heavy atom. The second-order valence-electron chi connectivity index (χ2n) is 4.62. The fourth-order valence-electron chi connectivity index (χ4n) is 2.61. The third-order valence-electron chi connectivity index (χ3n) is 3.50. The van der Waals surface area contributed by atoms with Crippen LogP contribution in [-0.4, -0.2) is 44.2 Å². The van der Waals surface area contributed by atoms with Gasteiger partial charge in [0.05, 0.1) is 24.4 Å². The van der Waals surface area contributed by atoms with Crippen molar-refractivity contribution in [2.24, 2.45) is 11.8 Å². The van der Waals surface area contributed by atoms with Gasteiger partial charge in [-0.05, 0) is 12.0 Å². The van der Waals surface area contributed by atoms with E-state index in [2.05, 4.69) is 5.32 Å². The van der Waals surface area contributed by atoms with Gasteiger partial charge in [-0.1, -0.05) is 6.08 Å². The Morgan fingerprint density at radius 3 is 2.90 bits per heavy atom. The summed E-state index contributed by atoms with van der Waals surface area (Å²) in [6.45, 7) is 0.352. The lowest BCUT2D eigenvalue weighted by Crippen LogP contribution is -2.40. The molecule has 0 aromatic rings. The Bertz CT molecular complexity index is 469. The Labute approximate surface area is 116 Å². The number of rotatable bonds is 4. The van der Waals surface area contributed by atoms with Gasteiger partial charge in [0.1, 0.15) is 0 Å². The highest BCUT2D eigenvalue weighted by Crippen LogP contribution is 2.43. The van der Waals surface area contributed by atoms with E-state index in [1.807, 2.05) is 6.08 Å². The number of ether oxygens (including phenoxy) is 3. The van der Waals surface area contributed by atoms with Crippen LogP contribution in [0.3, 0.4) is 0 Å². The highest BCUT2D eigenvalue weighted by atomic mass is 16.7. The highest BCUT2D eigenvalue weighted by Gasteiger charge is 2.45. The van der Waals surface area contributed by atoms with Gasteiger partial charge in [0.25, 0.3) is 6.29 Å². The van der Waals surface area contributed by atoms with Crippen LogP contribution in [0.5, 0.6) is 0 Å². The quantitative estimate of drug-likeness (QED) is 0.744. The number of carboxylic acids is 1. The van der Waals surface area contributed by atoms with Gasteiger partial charge in [0, 0.05) is 20.1 Å². The first-order chi connectivity index (χ1) is 9.58. The number of carboxylic acid groups (broad SMARTS) is 1. The number of methoxy groups -OCH3 is 1. The van der Waals surface area contributed by atoms with Crippen molar-refractivity contribution in [2.45, 2.75) is 12.7 Å². The summed E-state index contributed by atoms with van der Waals surface area (Å²) in [5.41, 5.74) is 1.08. The van der Waals surface area contributed by atoms with Crippen molar-refractivity contribution in [3.63, 3.8) is 0 Å². The van der Waals surface area contributed by atoms with Gasteiger partial charge in [0.2, 0.25) is 0 Å². The van der Waals surface area contributed by atoms with Gasteiger partial charge in [-0.15, -0.1) is 0 Å². The summed E-state index contributed by atoms with van der Waals surface area (Å²) in [7, 11) is 3.00. The molecule has 2 N–H and O–H groups in total. The van der Waals surface area contributed by atoms with Crippen LogP contribution in [0, 0.1) is 11.8 Å². The standard InChI is InChI=1S/C13H17NO6/c1-14-13(17)20-12-10-7(5-18-2)3-4-8(10)9(6-19-12)11(15)16/h3,6,8,10,12H,4-5H2,1-2H3,(H,14,17)(H,15,16)/t8-,10+,12-/m1/s1. The minimum atomic E-state index is -1.02. The molecule has 0 bridgehead atoms. The largest absolute Gasteiger partial charge is 0.478 e. The molecule has 2 aliphatic rings. The van der Waals surface area contributed by atoms with Crippen LogP contribution in [0.25, 0.3) is 0 Å². The molecular weight excluding hydrogens is 266 g/mol. The zero-order valence-corrected chi connectivity index (χ0v) is 11.3. The molecule has 20 heavy (non-hydrogen) atoms. The summed E-state index contributed by atoms with van der Waals surface area (Å²) in [6.07, 6.45) is 2.19. The van der Waals surface area contributed by atoms with Crippen LogP contribution in [0.4, 0.5) is 4.79 Å². The maximum absolute atomic E-state index is 11.3. The zero-order chi connectivity index (χ0) is 14.7. The highest BCUT2D eigenvalue weighted by molar-refractivity contribution is 5.87. The van der Waals surface area contributed by atoms with E-state index < -0.39 is 18.4 Å². The molecule has 7 nitrogen and oxygen atoms in total. The van der Waals surface area contributed by atoms with E-state index in [1.165, 1.54) is 13.3 Å². The molecule has 1 heterocycles. The average Bonchev–Trinajstić information content (AvgIpc) is 2.83. The molecule has 1 amide bonds. The van der Waals surface area contributed by atoms with Crippen LogP contribution in [-0.2, 0) is 19.0 Å². The molecule has 1 aliphatic carbocycles. The minimum absolute atomic E-state index is 0.189. The molecule has 2 rings (SSSR count). The normalized spacial score (nSPS) is 27.8. The van der Waals surface area contributed by atoms with Gasteiger partial charge in [-0.25, -0.2) is 9.59 Å². The summed E-state index contributed by atoms with van der Waals surface area (Å²) in [5, 5.41) is 11.5. The van der Waals surface area contributed by atoms with Gasteiger partial charge in [-0.3, -0.25) is 0 Å². The summed E-state index contributed by atoms with van der Waals surface area (Å²) < 4.78 is 15.5. The molecule has 0 fully saturated rings. The summed E-state index contributed by atoms with van der Waals surface area (Å²) >= 11 is 0. The lowest BCUT2D eigenvalue weighted by Gasteiger charge is -2.33. The molecule has 0 aromatic heterocycles. The lowest BCUT2D eigenvalue weighted by molar-refractivity contribution is -0.138. The summed E-state index contributed by atoms with van der Waals surface area (Å²) in [5.74, 6) is -1.62. The summed E-state index contributed by atoms with van der Waals surface area (Å²) in [6, 6.07) is 0. The van der Waals surface area contributed by atoms with Crippen LogP contribution in [0.1, 0.15) is 6.42 Å². The van der Waals surface area contributed by atoms with Crippen molar-refractivity contribution < 1.29 is 28.9 Å². The zero-order valence-electron chi connectivity index (χ0n) is 11.3. The predicted octanol–water partition coefficient (Wildman–Crippen LogP) is 0.876. The number of hydrogen-bond donors (Lipinski definition) is 2. The van der Waals surface area contributed by atoms with E-state index in [4.69, 9.17) is 14.2 Å². The molecule has 0 saturated carbocycles. The molecule has 3 atom stereocenters. The molecule has 7 heteroatoms. The number of carbonyl (C=O) groups excluding carboxylic acids is 1. The van der Waals surface area contributed by atoms with Crippen molar-refractivity contribution in [2.75, 3.05) is 20.8 Å². The molecule has 0 aromatic carbocycles. The molecule has 110 valence electrons. The number of nitrogens with one attached hydrogen (secondary N) is 1. The van der Waals surface area contributed by atoms with Gasteiger partial charge >= 0.3 is 12.1 Å². The Balaban J connectivity index is 2.23. The van der Waals surface area contributed by atoms with Crippen molar-refractivity contribution in [1.82, 2.24) is 5.32 Å². The van der Waals surface area contributed by atoms with E-state index in [9.17, 15) is 14.7 Å². The smallest absolute Gasteiger partial charge is 0.409 e. The van der Waals surface area contributed by atoms with Crippen LogP contribution >= 0.6 is 0 Å². The topological polar surface area (TPSA) is 94.1 Å². The van der Waals surface area contributed by atoms with E-state index >= 15 is 0 Å². The molecule has 0 radical (unpaired) electrons. The Morgan fingerprint density at radius 2 is 2.30 bits per heavy atom. The molecule has 0 spiro atoms. The minimum Gasteiger partial charge on any atom is -0.478 e. The molecule has 0 unspecified atom stereocenters. The SMILES string of the molecule is CNC(=O)O[C@H]1OC=C(C(=O)O)[C@H]2CC=C(COC)[C@H]12. The van der Waals surface area contributed by atoms with Crippen LogP contribution in [0.2, 0.25) is 0 Å². The first-order valence-corrected chi connectivity index (χ1v) is 6.23. The van der Waals surface area contributed by atoms with E-state index in [-0.39, 0.29) is 17.4 Å². The second-order valence-corrected chi connectivity index (χ2v) is 4.62. The maximum atomic E-state index is 11.3. The fourth-order valence-corrected chi connectivity index (χ4v) is 2.61. The van der Waals surface area contributed by atoms with Crippen molar-refractivity contribution in [1.29, 1.82) is 0 Å². The molecule has 0 saturated heterocycles. The van der Waals surface area contributed by atoms with Gasteiger partial charge in [0.15, 0.2) is 0 Å². The second kappa shape index (κ2) is 5.96. The first kappa shape index (κ1) is 14.4. The third kappa shape index (κ3) is 2.62.